The van der Waals surface area contributed by atoms with Gasteiger partial charge in [-0.05, 0) is 19.3 Å². The summed E-state index contributed by atoms with van der Waals surface area (Å²) >= 11 is 5.89. The van der Waals surface area contributed by atoms with E-state index in [2.05, 4.69) is 24.8 Å². The van der Waals surface area contributed by atoms with Crippen LogP contribution in [-0.4, -0.2) is 38.4 Å². The van der Waals surface area contributed by atoms with E-state index in [-0.39, 0.29) is 0 Å². The van der Waals surface area contributed by atoms with E-state index in [9.17, 15) is 0 Å². The minimum atomic E-state index is 0.565. The van der Waals surface area contributed by atoms with Crippen LogP contribution < -0.4 is 4.90 Å². The maximum Gasteiger partial charge on any atom is 0.182 e. The summed E-state index contributed by atoms with van der Waals surface area (Å²) in [6.45, 7) is 0.817. The summed E-state index contributed by atoms with van der Waals surface area (Å²) < 4.78 is 0. The van der Waals surface area contributed by atoms with Gasteiger partial charge in [-0.25, -0.2) is 15.0 Å². The van der Waals surface area contributed by atoms with Crippen LogP contribution in [0.5, 0.6) is 0 Å². The number of hydrogen-bond donors (Lipinski definition) is 1. The number of imidazole rings is 1. The van der Waals surface area contributed by atoms with Crippen LogP contribution in [0.4, 0.5) is 5.82 Å². The molecule has 0 aliphatic heterocycles. The molecule has 1 fully saturated rings. The maximum absolute atomic E-state index is 5.89. The normalized spacial score (nSPS) is 16.1. The lowest BCUT2D eigenvalue weighted by molar-refractivity contribution is 0.389. The molecule has 5 nitrogen and oxygen atoms in total. The predicted octanol–water partition coefficient (Wildman–Crippen LogP) is 1.95. The standard InChI is InChI=1S/C11H14ClN5/c12-4-5-17(8-2-1-3-8)11-9-10(14-6-13-9)15-7-16-11/h6-8H,1-5H2,(H,13,14,15,16). The summed E-state index contributed by atoms with van der Waals surface area (Å²) in [5, 5.41) is 0. The number of fused-ring (bicyclic) bond motifs is 1. The molecule has 0 amide bonds. The van der Waals surface area contributed by atoms with Crippen LogP contribution in [0.3, 0.4) is 0 Å². The van der Waals surface area contributed by atoms with Gasteiger partial charge in [-0.2, -0.15) is 0 Å². The third kappa shape index (κ3) is 1.84. The first-order valence-corrected chi connectivity index (χ1v) is 6.40. The van der Waals surface area contributed by atoms with Gasteiger partial charge in [0.15, 0.2) is 11.5 Å². The van der Waals surface area contributed by atoms with Crippen LogP contribution in [0.1, 0.15) is 19.3 Å². The number of hydrogen-bond acceptors (Lipinski definition) is 4. The molecule has 0 bridgehead atoms. The molecule has 2 aromatic heterocycles. The molecule has 1 N–H and O–H groups in total. The largest absolute Gasteiger partial charge is 0.351 e. The number of halogens is 1. The third-order valence-corrected chi connectivity index (χ3v) is 3.48. The highest BCUT2D eigenvalue weighted by Gasteiger charge is 2.27. The van der Waals surface area contributed by atoms with Crippen LogP contribution in [0.25, 0.3) is 11.2 Å². The molecule has 0 spiro atoms. The Morgan fingerprint density at radius 3 is 2.94 bits per heavy atom. The molecule has 1 saturated carbocycles. The maximum atomic E-state index is 5.89. The Morgan fingerprint density at radius 2 is 2.24 bits per heavy atom. The fraction of sp³-hybridized carbons (Fsp3) is 0.545. The van der Waals surface area contributed by atoms with E-state index in [1.807, 2.05) is 0 Å². The summed E-state index contributed by atoms with van der Waals surface area (Å²) in [5.74, 6) is 1.54. The van der Waals surface area contributed by atoms with Crippen molar-refractivity contribution in [2.75, 3.05) is 17.3 Å². The first kappa shape index (κ1) is 10.8. The highest BCUT2D eigenvalue weighted by atomic mass is 35.5. The van der Waals surface area contributed by atoms with Crippen molar-refractivity contribution in [1.29, 1.82) is 0 Å². The highest BCUT2D eigenvalue weighted by Crippen LogP contribution is 2.30. The Kier molecular flexibility index (Phi) is 2.84. The fourth-order valence-electron chi connectivity index (χ4n) is 2.22. The lowest BCUT2D eigenvalue weighted by atomic mass is 9.91. The van der Waals surface area contributed by atoms with Gasteiger partial charge in [-0.1, -0.05) is 0 Å². The predicted molar refractivity (Wildman–Crippen MR) is 67.4 cm³/mol. The molecule has 0 aromatic carbocycles. The van der Waals surface area contributed by atoms with Gasteiger partial charge in [0.2, 0.25) is 0 Å². The Hall–Kier alpha value is -1.36. The Labute approximate surface area is 104 Å². The number of alkyl halides is 1. The number of aromatic amines is 1. The van der Waals surface area contributed by atoms with Crippen molar-refractivity contribution in [3.8, 4) is 0 Å². The molecule has 0 saturated heterocycles. The van der Waals surface area contributed by atoms with Gasteiger partial charge in [0.25, 0.3) is 0 Å². The number of anilines is 1. The van der Waals surface area contributed by atoms with Gasteiger partial charge in [-0.15, -0.1) is 11.6 Å². The first-order valence-electron chi connectivity index (χ1n) is 5.87. The van der Waals surface area contributed by atoms with E-state index in [0.717, 1.165) is 17.9 Å². The topological polar surface area (TPSA) is 57.7 Å². The zero-order valence-electron chi connectivity index (χ0n) is 9.43. The van der Waals surface area contributed by atoms with E-state index in [0.29, 0.717) is 17.6 Å². The molecule has 1 aliphatic carbocycles. The lowest BCUT2D eigenvalue weighted by Gasteiger charge is -2.38. The number of H-pyrrole nitrogens is 1. The summed E-state index contributed by atoms with van der Waals surface area (Å²) in [4.78, 5) is 18.1. The smallest absolute Gasteiger partial charge is 0.182 e. The second kappa shape index (κ2) is 4.49. The molecule has 17 heavy (non-hydrogen) atoms. The molecule has 3 rings (SSSR count). The van der Waals surface area contributed by atoms with E-state index >= 15 is 0 Å². The SMILES string of the molecule is ClCCN(c1ncnc2nc[nH]c12)C1CCC1. The van der Waals surface area contributed by atoms with Crippen LogP contribution in [0.15, 0.2) is 12.7 Å². The van der Waals surface area contributed by atoms with Gasteiger partial charge in [-0.3, -0.25) is 0 Å². The van der Waals surface area contributed by atoms with Crippen molar-refractivity contribution >= 4 is 28.6 Å². The van der Waals surface area contributed by atoms with Gasteiger partial charge in [0.05, 0.1) is 6.33 Å². The van der Waals surface area contributed by atoms with Gasteiger partial charge in [0, 0.05) is 18.5 Å². The molecule has 6 heteroatoms. The summed E-state index contributed by atoms with van der Waals surface area (Å²) in [7, 11) is 0. The minimum Gasteiger partial charge on any atom is -0.351 e. The van der Waals surface area contributed by atoms with Crippen molar-refractivity contribution in [2.45, 2.75) is 25.3 Å². The van der Waals surface area contributed by atoms with Crippen molar-refractivity contribution in [1.82, 2.24) is 19.9 Å². The molecule has 1 aliphatic rings. The van der Waals surface area contributed by atoms with Gasteiger partial charge in [0.1, 0.15) is 11.8 Å². The molecule has 0 radical (unpaired) electrons. The van der Waals surface area contributed by atoms with Gasteiger partial charge < -0.3 is 9.88 Å². The quantitative estimate of drug-likeness (QED) is 0.844. The first-order chi connectivity index (χ1) is 8.40. The third-order valence-electron chi connectivity index (χ3n) is 3.32. The Balaban J connectivity index is 2.01. The average Bonchev–Trinajstić information content (AvgIpc) is 2.73. The van der Waals surface area contributed by atoms with E-state index in [4.69, 9.17) is 11.6 Å². The summed E-state index contributed by atoms with van der Waals surface area (Å²) in [6.07, 6.45) is 6.95. The zero-order chi connectivity index (χ0) is 11.7. The van der Waals surface area contributed by atoms with Crippen molar-refractivity contribution in [2.24, 2.45) is 0 Å². The molecule has 0 unspecified atom stereocenters. The van der Waals surface area contributed by atoms with Crippen LogP contribution in [0, 0.1) is 0 Å². The number of aromatic nitrogens is 4. The van der Waals surface area contributed by atoms with E-state index in [1.165, 1.54) is 19.3 Å². The van der Waals surface area contributed by atoms with E-state index in [1.54, 1.807) is 12.7 Å². The average molecular weight is 252 g/mol. The fourth-order valence-corrected chi connectivity index (χ4v) is 2.40. The van der Waals surface area contributed by atoms with Crippen molar-refractivity contribution < 1.29 is 0 Å². The summed E-state index contributed by atoms with van der Waals surface area (Å²) in [5.41, 5.74) is 1.62. The second-order valence-corrected chi connectivity index (χ2v) is 4.64. The summed E-state index contributed by atoms with van der Waals surface area (Å²) in [6, 6.07) is 0.565. The molecular weight excluding hydrogens is 238 g/mol. The molecular formula is C11H14ClN5. The monoisotopic (exact) mass is 251 g/mol. The molecule has 90 valence electrons. The van der Waals surface area contributed by atoms with Crippen molar-refractivity contribution in [3.63, 3.8) is 0 Å². The van der Waals surface area contributed by atoms with Crippen LogP contribution in [0.2, 0.25) is 0 Å². The second-order valence-electron chi connectivity index (χ2n) is 4.27. The highest BCUT2D eigenvalue weighted by molar-refractivity contribution is 6.18. The Bertz CT molecular complexity index is 507. The van der Waals surface area contributed by atoms with Gasteiger partial charge >= 0.3 is 0 Å². The molecule has 2 heterocycles. The van der Waals surface area contributed by atoms with Crippen molar-refractivity contribution in [3.05, 3.63) is 12.7 Å². The van der Waals surface area contributed by atoms with Crippen LogP contribution in [-0.2, 0) is 0 Å². The Morgan fingerprint density at radius 1 is 1.35 bits per heavy atom. The minimum absolute atomic E-state index is 0.565. The lowest BCUT2D eigenvalue weighted by Crippen LogP contribution is -2.42. The number of rotatable bonds is 4. The van der Waals surface area contributed by atoms with E-state index < -0.39 is 0 Å². The number of nitrogens with zero attached hydrogens (tertiary/aromatic N) is 4. The zero-order valence-corrected chi connectivity index (χ0v) is 10.2. The molecule has 0 atom stereocenters. The number of nitrogens with one attached hydrogen (secondary N) is 1. The molecule has 2 aromatic rings. The van der Waals surface area contributed by atoms with Crippen LogP contribution >= 0.6 is 11.6 Å².